The topological polar surface area (TPSA) is 74.6 Å². The second-order valence-electron chi connectivity index (χ2n) is 4.48. The lowest BCUT2D eigenvalue weighted by Crippen LogP contribution is -1.96. The van der Waals surface area contributed by atoms with Crippen LogP contribution in [0.1, 0.15) is 30.5 Å². The fourth-order valence-corrected chi connectivity index (χ4v) is 1.44. The Morgan fingerprint density at radius 3 is 1.86 bits per heavy atom. The van der Waals surface area contributed by atoms with E-state index in [1.54, 1.807) is 25.2 Å². The first-order valence-corrected chi connectivity index (χ1v) is 6.42. The van der Waals surface area contributed by atoms with Crippen molar-refractivity contribution in [2.24, 2.45) is 0 Å². The molecule has 0 aliphatic carbocycles. The standard InChI is InChI=1S/C14H14O2.C4H6O2/c1-4-11-7-6-8-12(13(11)5-2)9-10(3)14(15)16;1-3(2)4(5)6/h4-9H,1-2H2,3H3,(H,15,16);1H2,2H3,(H,5,6). The molecule has 0 fully saturated rings. The summed E-state index contributed by atoms with van der Waals surface area (Å²) in [5.41, 5.74) is 3.16. The van der Waals surface area contributed by atoms with Crippen molar-refractivity contribution in [2.75, 3.05) is 0 Å². The van der Waals surface area contributed by atoms with Crippen LogP contribution in [0.2, 0.25) is 0 Å². The van der Waals surface area contributed by atoms with Crippen molar-refractivity contribution >= 4 is 30.2 Å². The van der Waals surface area contributed by atoms with Crippen LogP contribution in [-0.4, -0.2) is 22.2 Å². The van der Waals surface area contributed by atoms with Gasteiger partial charge in [-0.25, -0.2) is 9.59 Å². The average molecular weight is 300 g/mol. The van der Waals surface area contributed by atoms with Gasteiger partial charge in [-0.1, -0.05) is 50.1 Å². The molecule has 0 heterocycles. The van der Waals surface area contributed by atoms with Crippen molar-refractivity contribution in [3.8, 4) is 0 Å². The molecular weight excluding hydrogens is 280 g/mol. The molecule has 0 saturated heterocycles. The number of hydrogen-bond acceptors (Lipinski definition) is 2. The van der Waals surface area contributed by atoms with Gasteiger partial charge in [0.05, 0.1) is 0 Å². The summed E-state index contributed by atoms with van der Waals surface area (Å²) >= 11 is 0. The van der Waals surface area contributed by atoms with Gasteiger partial charge < -0.3 is 10.2 Å². The van der Waals surface area contributed by atoms with Crippen molar-refractivity contribution in [3.05, 3.63) is 65.8 Å². The van der Waals surface area contributed by atoms with Crippen LogP contribution in [0.15, 0.2) is 49.1 Å². The van der Waals surface area contributed by atoms with E-state index in [9.17, 15) is 9.59 Å². The second-order valence-corrected chi connectivity index (χ2v) is 4.48. The molecule has 0 amide bonds. The highest BCUT2D eigenvalue weighted by Gasteiger charge is 2.04. The molecule has 0 aliphatic rings. The summed E-state index contributed by atoms with van der Waals surface area (Å²) in [6.07, 6.45) is 5.06. The molecule has 0 aliphatic heterocycles. The molecule has 22 heavy (non-hydrogen) atoms. The highest BCUT2D eigenvalue weighted by molar-refractivity contribution is 5.92. The zero-order valence-electron chi connectivity index (χ0n) is 12.8. The van der Waals surface area contributed by atoms with Gasteiger partial charge in [-0.2, -0.15) is 0 Å². The van der Waals surface area contributed by atoms with E-state index in [2.05, 4.69) is 19.7 Å². The predicted octanol–water partition coefficient (Wildman–Crippen LogP) is 4.11. The zero-order chi connectivity index (χ0) is 17.3. The van der Waals surface area contributed by atoms with Gasteiger partial charge in [-0.05, 0) is 36.6 Å². The lowest BCUT2D eigenvalue weighted by molar-refractivity contribution is -0.133. The Balaban J connectivity index is 0.000000626. The van der Waals surface area contributed by atoms with Gasteiger partial charge >= 0.3 is 11.9 Å². The highest BCUT2D eigenvalue weighted by atomic mass is 16.4. The Kier molecular flexibility index (Phi) is 7.93. The van der Waals surface area contributed by atoms with Crippen molar-refractivity contribution in [2.45, 2.75) is 13.8 Å². The Labute approximate surface area is 130 Å². The summed E-state index contributed by atoms with van der Waals surface area (Å²) in [5, 5.41) is 16.7. The Bertz CT molecular complexity index is 624. The lowest BCUT2D eigenvalue weighted by Gasteiger charge is -2.05. The van der Waals surface area contributed by atoms with Crippen LogP contribution in [0.3, 0.4) is 0 Å². The molecule has 0 atom stereocenters. The number of carboxylic acid groups (broad SMARTS) is 2. The molecule has 1 aromatic carbocycles. The molecule has 0 radical (unpaired) electrons. The van der Waals surface area contributed by atoms with Crippen LogP contribution >= 0.6 is 0 Å². The summed E-state index contributed by atoms with van der Waals surface area (Å²) in [4.78, 5) is 20.3. The van der Waals surface area contributed by atoms with Crippen molar-refractivity contribution < 1.29 is 19.8 Å². The number of carbonyl (C=O) groups is 2. The summed E-state index contributed by atoms with van der Waals surface area (Å²) in [7, 11) is 0. The SMILES string of the molecule is C=C(C)C(=O)O.C=Cc1cccc(C=C(C)C(=O)O)c1C=C. The molecule has 0 aromatic heterocycles. The third-order valence-electron chi connectivity index (χ3n) is 2.67. The van der Waals surface area contributed by atoms with Gasteiger partial charge in [0.1, 0.15) is 0 Å². The number of carboxylic acids is 2. The lowest BCUT2D eigenvalue weighted by atomic mass is 9.99. The molecule has 0 unspecified atom stereocenters. The maximum atomic E-state index is 10.7. The fourth-order valence-electron chi connectivity index (χ4n) is 1.44. The summed E-state index contributed by atoms with van der Waals surface area (Å²) in [6.45, 7) is 13.6. The third kappa shape index (κ3) is 6.05. The van der Waals surface area contributed by atoms with Crippen LogP contribution in [0.25, 0.3) is 18.2 Å². The van der Waals surface area contributed by atoms with Gasteiger partial charge in [0.25, 0.3) is 0 Å². The highest BCUT2D eigenvalue weighted by Crippen LogP contribution is 2.20. The van der Waals surface area contributed by atoms with Gasteiger partial charge in [-0.3, -0.25) is 0 Å². The molecule has 1 aromatic rings. The van der Waals surface area contributed by atoms with Crippen LogP contribution in [-0.2, 0) is 9.59 Å². The Morgan fingerprint density at radius 1 is 1.00 bits per heavy atom. The predicted molar refractivity (Wildman–Crippen MR) is 90.4 cm³/mol. The second kappa shape index (κ2) is 9.13. The van der Waals surface area contributed by atoms with E-state index in [4.69, 9.17) is 10.2 Å². The first kappa shape index (κ1) is 19.1. The van der Waals surface area contributed by atoms with E-state index >= 15 is 0 Å². The normalized spacial score (nSPS) is 10.0. The maximum absolute atomic E-state index is 10.7. The molecule has 4 heteroatoms. The minimum absolute atomic E-state index is 0.176. The number of benzene rings is 1. The van der Waals surface area contributed by atoms with Gasteiger partial charge in [-0.15, -0.1) is 0 Å². The minimum atomic E-state index is -0.935. The molecular formula is C18H20O4. The van der Waals surface area contributed by atoms with Crippen molar-refractivity contribution in [3.63, 3.8) is 0 Å². The van der Waals surface area contributed by atoms with E-state index in [1.165, 1.54) is 6.92 Å². The molecule has 4 nitrogen and oxygen atoms in total. The van der Waals surface area contributed by atoms with E-state index in [0.29, 0.717) is 5.57 Å². The van der Waals surface area contributed by atoms with E-state index < -0.39 is 11.9 Å². The first-order chi connectivity index (χ1) is 10.2. The minimum Gasteiger partial charge on any atom is -0.478 e. The van der Waals surface area contributed by atoms with Crippen LogP contribution < -0.4 is 0 Å². The number of hydrogen-bond donors (Lipinski definition) is 2. The molecule has 2 N–H and O–H groups in total. The summed E-state index contributed by atoms with van der Waals surface area (Å²) < 4.78 is 0. The van der Waals surface area contributed by atoms with E-state index in [1.807, 2.05) is 18.2 Å². The average Bonchev–Trinajstić information content (AvgIpc) is 2.47. The van der Waals surface area contributed by atoms with Crippen LogP contribution in [0.5, 0.6) is 0 Å². The largest absolute Gasteiger partial charge is 0.478 e. The van der Waals surface area contributed by atoms with Gasteiger partial charge in [0.15, 0.2) is 0 Å². The maximum Gasteiger partial charge on any atom is 0.331 e. The molecule has 0 saturated carbocycles. The third-order valence-corrected chi connectivity index (χ3v) is 2.67. The quantitative estimate of drug-likeness (QED) is 0.802. The summed E-state index contributed by atoms with van der Waals surface area (Å²) in [6, 6.07) is 5.64. The van der Waals surface area contributed by atoms with Gasteiger partial charge in [0.2, 0.25) is 0 Å². The smallest absolute Gasteiger partial charge is 0.331 e. The molecule has 116 valence electrons. The Hall–Kier alpha value is -2.88. The number of rotatable bonds is 5. The van der Waals surface area contributed by atoms with Crippen molar-refractivity contribution in [1.82, 2.24) is 0 Å². The number of aliphatic carboxylic acids is 2. The van der Waals surface area contributed by atoms with Crippen LogP contribution in [0, 0.1) is 0 Å². The first-order valence-electron chi connectivity index (χ1n) is 6.42. The molecule has 1 rings (SSSR count). The Morgan fingerprint density at radius 2 is 1.50 bits per heavy atom. The van der Waals surface area contributed by atoms with Crippen LogP contribution in [0.4, 0.5) is 0 Å². The summed E-state index contributed by atoms with van der Waals surface area (Å²) in [5.74, 6) is -1.85. The van der Waals surface area contributed by atoms with E-state index in [-0.39, 0.29) is 5.57 Å². The van der Waals surface area contributed by atoms with Gasteiger partial charge in [0, 0.05) is 11.1 Å². The fraction of sp³-hybridized carbons (Fsp3) is 0.111. The molecule has 0 bridgehead atoms. The van der Waals surface area contributed by atoms with Crippen molar-refractivity contribution in [1.29, 1.82) is 0 Å². The molecule has 0 spiro atoms. The zero-order valence-corrected chi connectivity index (χ0v) is 12.8. The van der Waals surface area contributed by atoms with E-state index in [0.717, 1.165) is 16.7 Å². The monoisotopic (exact) mass is 300 g/mol.